The number of likely N-dealkylation sites (tertiary alicyclic amines) is 1. The Labute approximate surface area is 261 Å². The molecule has 5 heterocycles. The second-order valence-electron chi connectivity index (χ2n) is 12.4. The molecule has 11 nitrogen and oxygen atoms in total. The van der Waals surface area contributed by atoms with E-state index in [4.69, 9.17) is 4.74 Å². The van der Waals surface area contributed by atoms with Gasteiger partial charge in [0, 0.05) is 19.6 Å². The standard InChI is InChI=1S/C34H38N6O5/c1-3-24(21-41)40-29-32(44)38(22-39-26-15-9-8-14-25(26)35-36-39)19-11-17-34(29)28(31(40)43)27-30(42)37(20-23-12-6-5-7-13-23)18-10-16-33(27,4-2)45-34/h5-17,24,27-29,41H,3-4,18-22H2,1-2H3/t24-,27+,28-,29?,33-,34-/m0/s1. The van der Waals surface area contributed by atoms with Crippen LogP contribution in [0.4, 0.5) is 0 Å². The molecule has 2 fully saturated rings. The van der Waals surface area contributed by atoms with Crippen LogP contribution in [0.2, 0.25) is 0 Å². The topological polar surface area (TPSA) is 121 Å². The summed E-state index contributed by atoms with van der Waals surface area (Å²) in [7, 11) is 0. The summed E-state index contributed by atoms with van der Waals surface area (Å²) in [6.45, 7) is 4.67. The Bertz CT molecular complexity index is 1680. The van der Waals surface area contributed by atoms with Crippen molar-refractivity contribution in [3.63, 3.8) is 0 Å². The van der Waals surface area contributed by atoms with Gasteiger partial charge < -0.3 is 24.5 Å². The lowest BCUT2D eigenvalue weighted by Crippen LogP contribution is -2.59. The highest BCUT2D eigenvalue weighted by Gasteiger charge is 2.75. The molecule has 6 atom stereocenters. The largest absolute Gasteiger partial charge is 0.394 e. The molecule has 0 bridgehead atoms. The smallest absolute Gasteiger partial charge is 0.250 e. The Morgan fingerprint density at radius 2 is 1.64 bits per heavy atom. The van der Waals surface area contributed by atoms with E-state index in [9.17, 15) is 19.5 Å². The molecule has 4 aliphatic rings. The summed E-state index contributed by atoms with van der Waals surface area (Å²) in [5, 5.41) is 19.0. The molecule has 1 aromatic heterocycles. The van der Waals surface area contributed by atoms with Crippen LogP contribution in [-0.4, -0.2) is 95.5 Å². The number of nitrogens with zero attached hydrogens (tertiary/aromatic N) is 6. The van der Waals surface area contributed by atoms with Gasteiger partial charge in [-0.1, -0.05) is 85.8 Å². The molecule has 11 heteroatoms. The van der Waals surface area contributed by atoms with Crippen LogP contribution in [-0.2, 0) is 32.3 Å². The highest BCUT2D eigenvalue weighted by molar-refractivity contribution is 6.00. The molecule has 1 spiro atoms. The lowest BCUT2D eigenvalue weighted by molar-refractivity contribution is -0.158. The van der Waals surface area contributed by atoms with Crippen LogP contribution < -0.4 is 0 Å². The second-order valence-corrected chi connectivity index (χ2v) is 12.4. The summed E-state index contributed by atoms with van der Waals surface area (Å²) in [5.74, 6) is -2.61. The fourth-order valence-corrected chi connectivity index (χ4v) is 7.86. The Morgan fingerprint density at radius 3 is 2.40 bits per heavy atom. The van der Waals surface area contributed by atoms with E-state index >= 15 is 0 Å². The van der Waals surface area contributed by atoms with Crippen molar-refractivity contribution >= 4 is 28.8 Å². The Balaban J connectivity index is 1.31. The van der Waals surface area contributed by atoms with E-state index < -0.39 is 35.1 Å². The predicted octanol–water partition coefficient (Wildman–Crippen LogP) is 2.52. The van der Waals surface area contributed by atoms with Gasteiger partial charge in [-0.05, 0) is 30.5 Å². The minimum atomic E-state index is -1.40. The summed E-state index contributed by atoms with van der Waals surface area (Å²) in [4.78, 5) is 48.9. The number of carbonyl (C=O) groups is 3. The van der Waals surface area contributed by atoms with Crippen molar-refractivity contribution in [1.82, 2.24) is 29.7 Å². The van der Waals surface area contributed by atoms with E-state index in [2.05, 4.69) is 10.3 Å². The van der Waals surface area contributed by atoms with Gasteiger partial charge in [0.25, 0.3) is 5.91 Å². The van der Waals surface area contributed by atoms with Crippen LogP contribution in [0.5, 0.6) is 0 Å². The van der Waals surface area contributed by atoms with Gasteiger partial charge in [0.1, 0.15) is 23.8 Å². The fourth-order valence-electron chi connectivity index (χ4n) is 7.86. The molecule has 1 N–H and O–H groups in total. The highest BCUT2D eigenvalue weighted by Crippen LogP contribution is 2.59. The molecular formula is C34H38N6O5. The third-order valence-electron chi connectivity index (χ3n) is 10.1. The zero-order valence-electron chi connectivity index (χ0n) is 25.5. The van der Waals surface area contributed by atoms with Crippen molar-refractivity contribution in [2.45, 2.75) is 63.2 Å². The summed E-state index contributed by atoms with van der Waals surface area (Å²) in [6, 6.07) is 15.6. The van der Waals surface area contributed by atoms with Gasteiger partial charge in [-0.25, -0.2) is 4.68 Å². The molecule has 4 aliphatic heterocycles. The average Bonchev–Trinajstić information content (AvgIpc) is 3.61. The van der Waals surface area contributed by atoms with Crippen molar-refractivity contribution < 1.29 is 24.2 Å². The molecule has 2 saturated heterocycles. The van der Waals surface area contributed by atoms with Crippen molar-refractivity contribution in [3.8, 4) is 0 Å². The van der Waals surface area contributed by atoms with Gasteiger partial charge in [-0.15, -0.1) is 5.10 Å². The van der Waals surface area contributed by atoms with E-state index in [1.54, 1.807) is 14.5 Å². The normalized spacial score (nSPS) is 30.0. The first kappa shape index (κ1) is 29.4. The number of rotatable bonds is 8. The van der Waals surface area contributed by atoms with E-state index in [-0.39, 0.29) is 37.5 Å². The second kappa shape index (κ2) is 11.2. The number of aliphatic hydroxyl groups excluding tert-OH is 1. The lowest BCUT2D eigenvalue weighted by Gasteiger charge is -2.40. The molecule has 0 radical (unpaired) electrons. The molecule has 234 valence electrons. The van der Waals surface area contributed by atoms with Gasteiger partial charge in [0.05, 0.1) is 35.6 Å². The number of hydrogen-bond donors (Lipinski definition) is 1. The first-order valence-electron chi connectivity index (χ1n) is 15.8. The van der Waals surface area contributed by atoms with Gasteiger partial charge >= 0.3 is 0 Å². The van der Waals surface area contributed by atoms with Crippen LogP contribution in [0.1, 0.15) is 32.3 Å². The predicted molar refractivity (Wildman–Crippen MR) is 165 cm³/mol. The third-order valence-corrected chi connectivity index (χ3v) is 10.1. The molecule has 1 unspecified atom stereocenters. The molecule has 0 aliphatic carbocycles. The number of ether oxygens (including phenoxy) is 1. The number of benzene rings is 2. The number of carbonyl (C=O) groups excluding carboxylic acids is 3. The van der Waals surface area contributed by atoms with E-state index in [0.29, 0.717) is 31.4 Å². The average molecular weight is 611 g/mol. The molecule has 0 saturated carbocycles. The maximum Gasteiger partial charge on any atom is 0.250 e. The van der Waals surface area contributed by atoms with Gasteiger partial charge in [-0.2, -0.15) is 0 Å². The van der Waals surface area contributed by atoms with Gasteiger partial charge in [-0.3, -0.25) is 14.4 Å². The van der Waals surface area contributed by atoms with Gasteiger partial charge in [0.15, 0.2) is 0 Å². The molecular weight excluding hydrogens is 572 g/mol. The quantitative estimate of drug-likeness (QED) is 0.389. The maximum absolute atomic E-state index is 14.7. The van der Waals surface area contributed by atoms with Crippen molar-refractivity contribution in [2.75, 3.05) is 19.7 Å². The summed E-state index contributed by atoms with van der Waals surface area (Å²) >= 11 is 0. The summed E-state index contributed by atoms with van der Waals surface area (Å²) in [5.41, 5.74) is 0.0139. The Hall–Kier alpha value is -4.35. The number of amides is 3. The molecule has 2 aromatic carbocycles. The molecule has 45 heavy (non-hydrogen) atoms. The first-order chi connectivity index (χ1) is 21.9. The zero-order valence-corrected chi connectivity index (χ0v) is 25.5. The van der Waals surface area contributed by atoms with Crippen LogP contribution >= 0.6 is 0 Å². The number of fused-ring (bicyclic) bond motifs is 3. The highest BCUT2D eigenvalue weighted by atomic mass is 16.5. The van der Waals surface area contributed by atoms with Crippen molar-refractivity contribution in [1.29, 1.82) is 0 Å². The summed E-state index contributed by atoms with van der Waals surface area (Å²) in [6.07, 6.45) is 8.48. The number of hydrogen-bond acceptors (Lipinski definition) is 7. The van der Waals surface area contributed by atoms with Crippen LogP contribution in [0.3, 0.4) is 0 Å². The lowest BCUT2D eigenvalue weighted by atomic mass is 9.73. The summed E-state index contributed by atoms with van der Waals surface area (Å²) < 4.78 is 8.73. The third kappa shape index (κ3) is 4.43. The van der Waals surface area contributed by atoms with E-state index in [1.165, 1.54) is 4.90 Å². The van der Waals surface area contributed by atoms with E-state index in [0.717, 1.165) is 11.1 Å². The van der Waals surface area contributed by atoms with E-state index in [1.807, 2.05) is 92.7 Å². The minimum absolute atomic E-state index is 0.116. The van der Waals surface area contributed by atoms with Crippen LogP contribution in [0, 0.1) is 11.8 Å². The van der Waals surface area contributed by atoms with Crippen molar-refractivity contribution in [3.05, 3.63) is 84.5 Å². The van der Waals surface area contributed by atoms with Crippen LogP contribution in [0.25, 0.3) is 11.0 Å². The number of aliphatic hydroxyl groups is 1. The number of para-hydroxylation sites is 1. The first-order valence-corrected chi connectivity index (χ1v) is 15.8. The maximum atomic E-state index is 14.7. The minimum Gasteiger partial charge on any atom is -0.394 e. The van der Waals surface area contributed by atoms with Crippen molar-refractivity contribution in [2.24, 2.45) is 11.8 Å². The Morgan fingerprint density at radius 1 is 0.911 bits per heavy atom. The SMILES string of the molecule is CC[C@@H](CO)N1C(=O)[C@@H]2[C@@H]3C(=O)N(Cc4ccccc4)CC=C[C@]3(CC)O[C@@]23C=CCN(Cn2nnc4ccccc42)C(=O)C13. The molecule has 7 rings (SSSR count). The van der Waals surface area contributed by atoms with Gasteiger partial charge in [0.2, 0.25) is 11.8 Å². The molecule has 3 aromatic rings. The fraction of sp³-hybridized carbons (Fsp3) is 0.441. The number of aromatic nitrogens is 3. The molecule has 3 amide bonds. The Kier molecular flexibility index (Phi) is 7.32. The van der Waals surface area contributed by atoms with Crippen LogP contribution in [0.15, 0.2) is 78.9 Å². The zero-order chi connectivity index (χ0) is 31.3. The monoisotopic (exact) mass is 610 g/mol.